The zero-order valence-electron chi connectivity index (χ0n) is 7.12. The minimum atomic E-state index is 0.969. The fourth-order valence-electron chi connectivity index (χ4n) is 1.88. The molecule has 0 unspecified atom stereocenters. The Hall–Kier alpha value is -1.05. The maximum atomic E-state index is 11.4. The van der Waals surface area contributed by atoms with Gasteiger partial charge < -0.3 is 5.21 Å². The van der Waals surface area contributed by atoms with Crippen LogP contribution in [0.15, 0.2) is 23.4 Å². The molecule has 2 rings (SSSR count). The van der Waals surface area contributed by atoms with Gasteiger partial charge in [-0.15, -0.1) is 0 Å². The van der Waals surface area contributed by atoms with E-state index < -0.39 is 0 Å². The minimum absolute atomic E-state index is 0.969. The zero-order chi connectivity index (χ0) is 8.39. The Morgan fingerprint density at radius 1 is 1.25 bits per heavy atom. The molecular formula is C10H13NO. The summed E-state index contributed by atoms with van der Waals surface area (Å²) in [5, 5.41) is 11.4. The Bertz CT molecular complexity index is 274. The van der Waals surface area contributed by atoms with Crippen molar-refractivity contribution < 1.29 is 4.74 Å². The minimum Gasteiger partial charge on any atom is -0.619 e. The van der Waals surface area contributed by atoms with Gasteiger partial charge >= 0.3 is 0 Å². The van der Waals surface area contributed by atoms with Gasteiger partial charge in [0, 0.05) is 12.0 Å². The van der Waals surface area contributed by atoms with Gasteiger partial charge in [0.25, 0.3) is 0 Å². The predicted molar refractivity (Wildman–Crippen MR) is 48.9 cm³/mol. The summed E-state index contributed by atoms with van der Waals surface area (Å²) in [5.41, 5.74) is 2.37. The van der Waals surface area contributed by atoms with Crippen molar-refractivity contribution in [1.82, 2.24) is 0 Å². The third kappa shape index (κ3) is 1.29. The molecule has 64 valence electrons. The highest BCUT2D eigenvalue weighted by Gasteiger charge is 2.18. The van der Waals surface area contributed by atoms with E-state index in [9.17, 15) is 5.21 Å². The molecule has 0 aromatic carbocycles. The van der Waals surface area contributed by atoms with Crippen LogP contribution in [-0.2, 0) is 0 Å². The van der Waals surface area contributed by atoms with Crippen molar-refractivity contribution in [2.75, 3.05) is 0 Å². The third-order valence-corrected chi connectivity index (χ3v) is 2.54. The first-order valence-electron chi connectivity index (χ1n) is 4.55. The quantitative estimate of drug-likeness (QED) is 0.397. The van der Waals surface area contributed by atoms with Crippen molar-refractivity contribution in [2.45, 2.75) is 32.1 Å². The summed E-state index contributed by atoms with van der Waals surface area (Å²) in [6, 6.07) is 0. The van der Waals surface area contributed by atoms with Gasteiger partial charge in [-0.1, -0.05) is 6.08 Å². The average molecular weight is 163 g/mol. The summed E-state index contributed by atoms with van der Waals surface area (Å²) in [6.07, 6.45) is 11.0. The molecule has 0 bridgehead atoms. The predicted octanol–water partition coefficient (Wildman–Crippen LogP) is 2.36. The fraction of sp³-hybridized carbons (Fsp3) is 0.500. The van der Waals surface area contributed by atoms with Crippen molar-refractivity contribution in [1.29, 1.82) is 0 Å². The fourth-order valence-corrected chi connectivity index (χ4v) is 1.88. The van der Waals surface area contributed by atoms with E-state index in [1.165, 1.54) is 18.4 Å². The summed E-state index contributed by atoms with van der Waals surface area (Å²) in [4.78, 5) is 0. The van der Waals surface area contributed by atoms with Crippen molar-refractivity contribution in [3.05, 3.63) is 28.6 Å². The van der Waals surface area contributed by atoms with Gasteiger partial charge in [-0.25, -0.2) is 0 Å². The van der Waals surface area contributed by atoms with E-state index in [-0.39, 0.29) is 0 Å². The molecule has 0 saturated heterocycles. The maximum Gasteiger partial charge on any atom is 0.192 e. The van der Waals surface area contributed by atoms with Gasteiger partial charge in [-0.2, -0.15) is 4.74 Å². The lowest BCUT2D eigenvalue weighted by atomic mass is 9.94. The third-order valence-electron chi connectivity index (χ3n) is 2.54. The molecule has 0 aromatic heterocycles. The van der Waals surface area contributed by atoms with E-state index >= 15 is 0 Å². The highest BCUT2D eigenvalue weighted by molar-refractivity contribution is 5.67. The number of hydrogen-bond donors (Lipinski definition) is 0. The number of hydroxylamine groups is 1. The molecule has 0 N–H and O–H groups in total. The second-order valence-electron chi connectivity index (χ2n) is 3.36. The SMILES string of the molecule is [O-][N+]1=CC=CCC2=C1CCCC2. The Labute approximate surface area is 72.5 Å². The molecule has 2 nitrogen and oxygen atoms in total. The van der Waals surface area contributed by atoms with Crippen molar-refractivity contribution in [3.63, 3.8) is 0 Å². The van der Waals surface area contributed by atoms with E-state index in [0.29, 0.717) is 0 Å². The largest absolute Gasteiger partial charge is 0.619 e. The number of allylic oxidation sites excluding steroid dienone is 4. The van der Waals surface area contributed by atoms with Crippen LogP contribution in [0.1, 0.15) is 32.1 Å². The Kier molecular flexibility index (Phi) is 1.98. The first-order chi connectivity index (χ1) is 5.88. The molecular weight excluding hydrogens is 150 g/mol. The van der Waals surface area contributed by atoms with Gasteiger partial charge in [0.05, 0.1) is 0 Å². The van der Waals surface area contributed by atoms with E-state index in [4.69, 9.17) is 0 Å². The van der Waals surface area contributed by atoms with E-state index in [2.05, 4.69) is 6.08 Å². The van der Waals surface area contributed by atoms with Crippen molar-refractivity contribution >= 4 is 6.21 Å². The number of nitrogens with zero attached hydrogens (tertiary/aromatic N) is 1. The normalized spacial score (nSPS) is 23.2. The van der Waals surface area contributed by atoms with Crippen LogP contribution in [0.25, 0.3) is 0 Å². The van der Waals surface area contributed by atoms with Crippen LogP contribution < -0.4 is 0 Å². The molecule has 0 radical (unpaired) electrons. The maximum absolute atomic E-state index is 11.4. The molecule has 0 saturated carbocycles. The number of rotatable bonds is 0. The molecule has 1 aliphatic heterocycles. The lowest BCUT2D eigenvalue weighted by Crippen LogP contribution is -2.09. The van der Waals surface area contributed by atoms with E-state index in [0.717, 1.165) is 29.7 Å². The summed E-state index contributed by atoms with van der Waals surface area (Å²) in [7, 11) is 0. The monoisotopic (exact) mass is 163 g/mol. The smallest absolute Gasteiger partial charge is 0.192 e. The van der Waals surface area contributed by atoms with Crippen LogP contribution in [0.4, 0.5) is 0 Å². The first-order valence-corrected chi connectivity index (χ1v) is 4.55. The molecule has 0 aromatic rings. The van der Waals surface area contributed by atoms with Crippen LogP contribution in [0.5, 0.6) is 0 Å². The Morgan fingerprint density at radius 2 is 2.08 bits per heavy atom. The highest BCUT2D eigenvalue weighted by atomic mass is 16.5. The summed E-state index contributed by atoms with van der Waals surface area (Å²) < 4.78 is 1.04. The number of hydrogen-bond acceptors (Lipinski definition) is 1. The lowest BCUT2D eigenvalue weighted by Gasteiger charge is -2.15. The lowest BCUT2D eigenvalue weighted by molar-refractivity contribution is -0.400. The van der Waals surface area contributed by atoms with Crippen LogP contribution in [0, 0.1) is 5.21 Å². The van der Waals surface area contributed by atoms with Gasteiger partial charge in [0.2, 0.25) is 0 Å². The first kappa shape index (κ1) is 7.59. The topological polar surface area (TPSA) is 26.1 Å². The van der Waals surface area contributed by atoms with Crippen molar-refractivity contribution in [2.24, 2.45) is 0 Å². The van der Waals surface area contributed by atoms with Crippen LogP contribution in [0.3, 0.4) is 0 Å². The van der Waals surface area contributed by atoms with Crippen LogP contribution in [0.2, 0.25) is 0 Å². The van der Waals surface area contributed by atoms with Gasteiger partial charge in [-0.05, 0) is 31.8 Å². The van der Waals surface area contributed by atoms with Crippen LogP contribution >= 0.6 is 0 Å². The second kappa shape index (κ2) is 3.13. The molecule has 2 aliphatic rings. The molecule has 0 fully saturated rings. The van der Waals surface area contributed by atoms with Gasteiger partial charge in [0.15, 0.2) is 11.9 Å². The average Bonchev–Trinajstić information content (AvgIpc) is 2.29. The molecule has 2 heteroatoms. The van der Waals surface area contributed by atoms with Gasteiger partial charge in [0.1, 0.15) is 0 Å². The van der Waals surface area contributed by atoms with E-state index in [1.807, 2.05) is 6.08 Å². The van der Waals surface area contributed by atoms with Crippen LogP contribution in [-0.4, -0.2) is 11.0 Å². The molecule has 1 aliphatic carbocycles. The molecule has 12 heavy (non-hydrogen) atoms. The molecule has 0 amide bonds. The highest BCUT2D eigenvalue weighted by Crippen LogP contribution is 2.28. The molecule has 0 atom stereocenters. The molecule has 1 heterocycles. The Balaban J connectivity index is 2.35. The van der Waals surface area contributed by atoms with Crippen molar-refractivity contribution in [3.8, 4) is 0 Å². The summed E-state index contributed by atoms with van der Waals surface area (Å²) in [5.74, 6) is 0. The Morgan fingerprint density at radius 3 is 3.00 bits per heavy atom. The zero-order valence-corrected chi connectivity index (χ0v) is 7.12. The second-order valence-corrected chi connectivity index (χ2v) is 3.36. The molecule has 0 spiro atoms. The van der Waals surface area contributed by atoms with Gasteiger partial charge in [-0.3, -0.25) is 0 Å². The summed E-state index contributed by atoms with van der Waals surface area (Å²) >= 11 is 0. The standard InChI is InChI=1S/C10H13NO/c12-11-8-4-3-6-9-5-1-2-7-10(9)11/h3-4,8H,1-2,5-7H2. The van der Waals surface area contributed by atoms with E-state index in [1.54, 1.807) is 6.21 Å². The summed E-state index contributed by atoms with van der Waals surface area (Å²) in [6.45, 7) is 0.